The summed E-state index contributed by atoms with van der Waals surface area (Å²) in [6, 6.07) is 4.15. The van der Waals surface area contributed by atoms with Crippen LogP contribution in [0.2, 0.25) is 0 Å². The molecule has 0 spiro atoms. The van der Waals surface area contributed by atoms with Crippen LogP contribution < -0.4 is 5.32 Å². The summed E-state index contributed by atoms with van der Waals surface area (Å²) in [6.45, 7) is 9.93. The highest BCUT2D eigenvalue weighted by Gasteiger charge is 2.28. The number of nitrogens with one attached hydrogen (secondary N) is 1. The van der Waals surface area contributed by atoms with E-state index in [1.165, 1.54) is 4.88 Å². The van der Waals surface area contributed by atoms with Gasteiger partial charge in [-0.15, -0.1) is 11.3 Å². The predicted octanol–water partition coefficient (Wildman–Crippen LogP) is 3.23. The van der Waals surface area contributed by atoms with Crippen LogP contribution in [0.1, 0.15) is 39.5 Å². The first-order valence-electron chi connectivity index (χ1n) is 5.56. The molecule has 0 bridgehead atoms. The van der Waals surface area contributed by atoms with Gasteiger partial charge in [-0.05, 0) is 25.3 Å². The van der Waals surface area contributed by atoms with Crippen LogP contribution in [0.25, 0.3) is 0 Å². The van der Waals surface area contributed by atoms with E-state index >= 15 is 0 Å². The van der Waals surface area contributed by atoms with Crippen molar-refractivity contribution in [2.75, 3.05) is 0 Å². The molecule has 1 rings (SSSR count). The highest BCUT2D eigenvalue weighted by molar-refractivity contribution is 7.09. The van der Waals surface area contributed by atoms with Gasteiger partial charge in [0.25, 0.3) is 0 Å². The zero-order valence-electron chi connectivity index (χ0n) is 10.8. The maximum absolute atomic E-state index is 11.9. The van der Waals surface area contributed by atoms with E-state index in [2.05, 4.69) is 30.6 Å². The number of carbonyl (C=O) groups is 1. The first-order valence-corrected chi connectivity index (χ1v) is 6.44. The largest absolute Gasteiger partial charge is 0.350 e. The van der Waals surface area contributed by atoms with Gasteiger partial charge in [0.2, 0.25) is 5.91 Å². The van der Waals surface area contributed by atoms with E-state index in [1.54, 1.807) is 11.3 Å². The van der Waals surface area contributed by atoms with E-state index in [9.17, 15) is 4.79 Å². The summed E-state index contributed by atoms with van der Waals surface area (Å²) in [5.41, 5.74) is -0.512. The van der Waals surface area contributed by atoms with Crippen molar-refractivity contribution in [3.63, 3.8) is 0 Å². The van der Waals surface area contributed by atoms with Gasteiger partial charge in [-0.1, -0.05) is 26.8 Å². The molecule has 2 nitrogen and oxygen atoms in total. The fourth-order valence-corrected chi connectivity index (χ4v) is 2.32. The van der Waals surface area contributed by atoms with E-state index in [1.807, 2.05) is 26.8 Å². The number of hydrogen-bond acceptors (Lipinski definition) is 2. The molecule has 0 radical (unpaired) electrons. The Balaban J connectivity index is 2.62. The van der Waals surface area contributed by atoms with E-state index in [4.69, 9.17) is 0 Å². The van der Waals surface area contributed by atoms with E-state index in [0.717, 1.165) is 6.42 Å². The Morgan fingerprint density at radius 3 is 2.38 bits per heavy atom. The molecule has 0 saturated carbocycles. The van der Waals surface area contributed by atoms with Gasteiger partial charge in [0.15, 0.2) is 0 Å². The van der Waals surface area contributed by atoms with Gasteiger partial charge in [0, 0.05) is 22.3 Å². The third-order valence-corrected chi connectivity index (χ3v) is 3.21. The zero-order chi connectivity index (χ0) is 12.4. The minimum Gasteiger partial charge on any atom is -0.350 e. The van der Waals surface area contributed by atoms with Gasteiger partial charge in [0.05, 0.1) is 0 Å². The molecule has 1 aromatic heterocycles. The lowest BCUT2D eigenvalue weighted by Gasteiger charge is -2.30. The molecule has 0 fully saturated rings. The van der Waals surface area contributed by atoms with Crippen molar-refractivity contribution in [1.82, 2.24) is 5.32 Å². The SMILES string of the molecule is CC(C)(Cc1cccs1)NC(=O)C(C)(C)C. The molecule has 0 atom stereocenters. The number of thiophene rings is 1. The third kappa shape index (κ3) is 3.97. The van der Waals surface area contributed by atoms with Crippen molar-refractivity contribution in [2.24, 2.45) is 5.41 Å². The Kier molecular flexibility index (Phi) is 3.79. The fourth-order valence-electron chi connectivity index (χ4n) is 1.39. The lowest BCUT2D eigenvalue weighted by Crippen LogP contribution is -2.49. The average Bonchev–Trinajstić information content (AvgIpc) is 2.52. The van der Waals surface area contributed by atoms with Crippen LogP contribution >= 0.6 is 11.3 Å². The van der Waals surface area contributed by atoms with E-state index in [0.29, 0.717) is 0 Å². The summed E-state index contributed by atoms with van der Waals surface area (Å²) >= 11 is 1.73. The molecule has 0 aliphatic carbocycles. The molecule has 1 heterocycles. The molecular weight excluding hydrogens is 218 g/mol. The number of amides is 1. The number of carbonyl (C=O) groups excluding carboxylic acids is 1. The smallest absolute Gasteiger partial charge is 0.225 e. The fraction of sp³-hybridized carbons (Fsp3) is 0.615. The van der Waals surface area contributed by atoms with Crippen molar-refractivity contribution in [3.8, 4) is 0 Å². The summed E-state index contributed by atoms with van der Waals surface area (Å²) in [4.78, 5) is 13.2. The second-order valence-corrected chi connectivity index (χ2v) is 6.88. The van der Waals surface area contributed by atoms with Gasteiger partial charge >= 0.3 is 0 Å². The van der Waals surface area contributed by atoms with Crippen molar-refractivity contribution in [1.29, 1.82) is 0 Å². The molecule has 3 heteroatoms. The maximum atomic E-state index is 11.9. The van der Waals surface area contributed by atoms with E-state index < -0.39 is 0 Å². The van der Waals surface area contributed by atoms with Crippen molar-refractivity contribution >= 4 is 17.2 Å². The Morgan fingerprint density at radius 1 is 1.31 bits per heavy atom. The second-order valence-electron chi connectivity index (χ2n) is 5.84. The standard InChI is InChI=1S/C13H21NOS/c1-12(2,3)11(15)14-13(4,5)9-10-7-6-8-16-10/h6-8H,9H2,1-5H3,(H,14,15). The maximum Gasteiger partial charge on any atom is 0.225 e. The number of hydrogen-bond donors (Lipinski definition) is 1. The molecule has 1 N–H and O–H groups in total. The van der Waals surface area contributed by atoms with Crippen LogP contribution in [-0.2, 0) is 11.2 Å². The van der Waals surface area contributed by atoms with Gasteiger partial charge in [-0.2, -0.15) is 0 Å². The van der Waals surface area contributed by atoms with Gasteiger partial charge in [0.1, 0.15) is 0 Å². The first kappa shape index (κ1) is 13.2. The third-order valence-electron chi connectivity index (χ3n) is 2.33. The average molecular weight is 239 g/mol. The van der Waals surface area contributed by atoms with Gasteiger partial charge < -0.3 is 5.32 Å². The minimum atomic E-state index is -0.327. The van der Waals surface area contributed by atoms with Crippen molar-refractivity contribution in [3.05, 3.63) is 22.4 Å². The van der Waals surface area contributed by atoms with Crippen LogP contribution in [0.4, 0.5) is 0 Å². The summed E-state index contributed by atoms with van der Waals surface area (Å²) in [7, 11) is 0. The van der Waals surface area contributed by atoms with Crippen molar-refractivity contribution < 1.29 is 4.79 Å². The van der Waals surface area contributed by atoms with Crippen LogP contribution in [-0.4, -0.2) is 11.4 Å². The lowest BCUT2D eigenvalue weighted by atomic mass is 9.92. The van der Waals surface area contributed by atoms with Gasteiger partial charge in [-0.3, -0.25) is 4.79 Å². The summed E-state index contributed by atoms with van der Waals surface area (Å²) in [6.07, 6.45) is 0.881. The molecule has 0 unspecified atom stereocenters. The predicted molar refractivity (Wildman–Crippen MR) is 69.7 cm³/mol. The molecule has 0 aliphatic rings. The van der Waals surface area contributed by atoms with Crippen LogP contribution in [0.5, 0.6) is 0 Å². The Labute approximate surface area is 102 Å². The lowest BCUT2D eigenvalue weighted by molar-refractivity contribution is -0.130. The van der Waals surface area contributed by atoms with Crippen LogP contribution in [0, 0.1) is 5.41 Å². The highest BCUT2D eigenvalue weighted by Crippen LogP contribution is 2.20. The Bertz CT molecular complexity index is 347. The molecule has 0 aliphatic heterocycles. The highest BCUT2D eigenvalue weighted by atomic mass is 32.1. The topological polar surface area (TPSA) is 29.1 Å². The molecule has 90 valence electrons. The Morgan fingerprint density at radius 2 is 1.94 bits per heavy atom. The first-order chi connectivity index (χ1) is 7.21. The molecule has 1 amide bonds. The normalized spacial score (nSPS) is 12.6. The quantitative estimate of drug-likeness (QED) is 0.862. The molecule has 1 aromatic rings. The summed E-state index contributed by atoms with van der Waals surface area (Å²) in [5.74, 6) is 0.106. The van der Waals surface area contributed by atoms with Crippen LogP contribution in [0.3, 0.4) is 0 Å². The molecular formula is C13H21NOS. The summed E-state index contributed by atoms with van der Waals surface area (Å²) in [5, 5.41) is 5.17. The zero-order valence-corrected chi connectivity index (χ0v) is 11.6. The number of rotatable bonds is 3. The van der Waals surface area contributed by atoms with E-state index in [-0.39, 0.29) is 16.9 Å². The van der Waals surface area contributed by atoms with Gasteiger partial charge in [-0.25, -0.2) is 0 Å². The Hall–Kier alpha value is -0.830. The molecule has 0 aromatic carbocycles. The molecule has 16 heavy (non-hydrogen) atoms. The minimum absolute atomic E-state index is 0.106. The van der Waals surface area contributed by atoms with Crippen molar-refractivity contribution in [2.45, 2.75) is 46.6 Å². The van der Waals surface area contributed by atoms with Crippen LogP contribution in [0.15, 0.2) is 17.5 Å². The second kappa shape index (κ2) is 4.58. The summed E-state index contributed by atoms with van der Waals surface area (Å²) < 4.78 is 0. The monoisotopic (exact) mass is 239 g/mol. The molecule has 0 saturated heterocycles.